The van der Waals surface area contributed by atoms with E-state index in [-0.39, 0.29) is 18.3 Å². The fraction of sp³-hybridized carbons (Fsp3) is 0.889. The number of carboxylic acid groups (broad SMARTS) is 1. The van der Waals surface area contributed by atoms with Crippen LogP contribution in [0.1, 0.15) is 46.0 Å². The van der Waals surface area contributed by atoms with Crippen LogP contribution in [0.3, 0.4) is 0 Å². The van der Waals surface area contributed by atoms with Crippen LogP contribution in [-0.2, 0) is 4.79 Å². The molecule has 12 heavy (non-hydrogen) atoms. The van der Waals surface area contributed by atoms with Crippen LogP contribution in [0.25, 0.3) is 0 Å². The number of carboxylic acids is 1. The third-order valence-electron chi connectivity index (χ3n) is 2.00. The number of hydrogen-bond acceptors (Lipinski definition) is 1. The van der Waals surface area contributed by atoms with E-state index in [1.807, 2.05) is 6.92 Å². The molecule has 74 valence electrons. The van der Waals surface area contributed by atoms with Gasteiger partial charge in [0, 0.05) is 0 Å². The van der Waals surface area contributed by atoms with E-state index in [1.54, 1.807) is 0 Å². The summed E-state index contributed by atoms with van der Waals surface area (Å²) in [6.07, 6.45) is 4.99. The summed E-state index contributed by atoms with van der Waals surface area (Å²) in [5.74, 6) is -0.745. The molecule has 0 unspecified atom stereocenters. The molecule has 0 spiro atoms. The highest BCUT2D eigenvalue weighted by Crippen LogP contribution is 2.13. The molecule has 0 saturated carbocycles. The van der Waals surface area contributed by atoms with E-state index in [4.69, 9.17) is 5.11 Å². The molecule has 0 aromatic carbocycles. The van der Waals surface area contributed by atoms with Crippen LogP contribution >= 0.6 is 12.4 Å². The summed E-state index contributed by atoms with van der Waals surface area (Å²) in [6, 6.07) is 0. The van der Waals surface area contributed by atoms with Gasteiger partial charge in [-0.15, -0.1) is 12.4 Å². The Kier molecular flexibility index (Phi) is 10.5. The maximum Gasteiger partial charge on any atom is 0.306 e. The molecule has 0 heterocycles. The molecule has 0 saturated heterocycles. The Bertz CT molecular complexity index is 115. The summed E-state index contributed by atoms with van der Waals surface area (Å²) in [5.41, 5.74) is 0. The molecule has 0 aliphatic heterocycles. The highest BCUT2D eigenvalue weighted by Gasteiger charge is 2.13. The Morgan fingerprint density at radius 2 is 1.92 bits per heavy atom. The summed E-state index contributed by atoms with van der Waals surface area (Å²) in [7, 11) is 0. The van der Waals surface area contributed by atoms with Crippen molar-refractivity contribution in [2.24, 2.45) is 5.92 Å². The lowest BCUT2D eigenvalue weighted by atomic mass is 9.99. The summed E-state index contributed by atoms with van der Waals surface area (Å²) in [6.45, 7) is 4.06. The number of hydrogen-bond donors (Lipinski definition) is 1. The van der Waals surface area contributed by atoms with Gasteiger partial charge in [0.2, 0.25) is 0 Å². The molecule has 0 rings (SSSR count). The van der Waals surface area contributed by atoms with Crippen molar-refractivity contribution in [3.8, 4) is 0 Å². The van der Waals surface area contributed by atoms with Gasteiger partial charge in [-0.3, -0.25) is 4.79 Å². The Morgan fingerprint density at radius 3 is 2.25 bits per heavy atom. The van der Waals surface area contributed by atoms with Crippen molar-refractivity contribution in [1.29, 1.82) is 0 Å². The Balaban J connectivity index is 0. The van der Waals surface area contributed by atoms with Crippen LogP contribution in [-0.4, -0.2) is 11.1 Å². The van der Waals surface area contributed by atoms with E-state index in [0.717, 1.165) is 32.1 Å². The summed E-state index contributed by atoms with van der Waals surface area (Å²) in [5, 5.41) is 8.67. The molecule has 2 nitrogen and oxygen atoms in total. The van der Waals surface area contributed by atoms with Gasteiger partial charge < -0.3 is 5.11 Å². The fourth-order valence-corrected chi connectivity index (χ4v) is 1.14. The fourth-order valence-electron chi connectivity index (χ4n) is 1.14. The maximum atomic E-state index is 10.5. The van der Waals surface area contributed by atoms with Crippen LogP contribution in [0.2, 0.25) is 0 Å². The quantitative estimate of drug-likeness (QED) is 0.660. The second kappa shape index (κ2) is 8.85. The SMILES string of the molecule is CCCCC[C@H](CC)C(=O)O.Cl. The lowest BCUT2D eigenvalue weighted by molar-refractivity contribution is -0.142. The Morgan fingerprint density at radius 1 is 1.33 bits per heavy atom. The summed E-state index contributed by atoms with van der Waals surface area (Å²) in [4.78, 5) is 10.5. The van der Waals surface area contributed by atoms with Crippen LogP contribution in [0, 0.1) is 5.92 Å². The molecule has 0 aliphatic carbocycles. The van der Waals surface area contributed by atoms with Crippen molar-refractivity contribution in [2.75, 3.05) is 0 Å². The van der Waals surface area contributed by atoms with Gasteiger partial charge in [-0.1, -0.05) is 33.1 Å². The second-order valence-corrected chi connectivity index (χ2v) is 2.94. The smallest absolute Gasteiger partial charge is 0.306 e. The first-order valence-electron chi connectivity index (χ1n) is 4.45. The molecule has 3 heteroatoms. The molecule has 0 fully saturated rings. The van der Waals surface area contributed by atoms with Gasteiger partial charge in [-0.05, 0) is 12.8 Å². The molecule has 0 aromatic heterocycles. The minimum atomic E-state index is -0.636. The van der Waals surface area contributed by atoms with Crippen molar-refractivity contribution in [3.63, 3.8) is 0 Å². The van der Waals surface area contributed by atoms with E-state index in [0.29, 0.717) is 0 Å². The van der Waals surface area contributed by atoms with Crippen LogP contribution in [0.15, 0.2) is 0 Å². The predicted octanol–water partition coefficient (Wildman–Crippen LogP) is 3.10. The molecule has 0 bridgehead atoms. The van der Waals surface area contributed by atoms with Crippen LogP contribution in [0.5, 0.6) is 0 Å². The average Bonchev–Trinajstić information content (AvgIpc) is 1.97. The van der Waals surface area contributed by atoms with Gasteiger partial charge in [0.05, 0.1) is 5.92 Å². The lowest BCUT2D eigenvalue weighted by Gasteiger charge is -2.07. The van der Waals surface area contributed by atoms with E-state index in [1.165, 1.54) is 0 Å². The number of carbonyl (C=O) groups is 1. The third kappa shape index (κ3) is 6.47. The van der Waals surface area contributed by atoms with E-state index >= 15 is 0 Å². The van der Waals surface area contributed by atoms with E-state index in [2.05, 4.69) is 6.92 Å². The molecule has 0 aliphatic rings. The Hall–Kier alpha value is -0.240. The van der Waals surface area contributed by atoms with Gasteiger partial charge in [-0.2, -0.15) is 0 Å². The van der Waals surface area contributed by atoms with Crippen LogP contribution in [0.4, 0.5) is 0 Å². The van der Waals surface area contributed by atoms with Gasteiger partial charge in [-0.25, -0.2) is 0 Å². The minimum absolute atomic E-state index is 0. The molecule has 0 aromatic rings. The second-order valence-electron chi connectivity index (χ2n) is 2.94. The lowest BCUT2D eigenvalue weighted by Crippen LogP contribution is -2.12. The van der Waals surface area contributed by atoms with Crippen molar-refractivity contribution in [3.05, 3.63) is 0 Å². The standard InChI is InChI=1S/C9H18O2.ClH/c1-3-5-6-7-8(4-2)9(10)11;/h8H,3-7H2,1-2H3,(H,10,11);1H/t8-;/m0./s1. The van der Waals surface area contributed by atoms with Gasteiger partial charge in [0.25, 0.3) is 0 Å². The van der Waals surface area contributed by atoms with Crippen molar-refractivity contribution in [1.82, 2.24) is 0 Å². The molecule has 1 atom stereocenters. The highest BCUT2D eigenvalue weighted by molar-refractivity contribution is 5.85. The molecule has 1 N–H and O–H groups in total. The zero-order valence-corrected chi connectivity index (χ0v) is 8.69. The Labute approximate surface area is 80.8 Å². The maximum absolute atomic E-state index is 10.5. The zero-order chi connectivity index (χ0) is 8.69. The van der Waals surface area contributed by atoms with Gasteiger partial charge >= 0.3 is 5.97 Å². The zero-order valence-electron chi connectivity index (χ0n) is 7.88. The van der Waals surface area contributed by atoms with Crippen molar-refractivity contribution in [2.45, 2.75) is 46.0 Å². The van der Waals surface area contributed by atoms with Crippen molar-refractivity contribution >= 4 is 18.4 Å². The number of aliphatic carboxylic acids is 1. The largest absolute Gasteiger partial charge is 0.481 e. The predicted molar refractivity (Wildman–Crippen MR) is 52.8 cm³/mol. The average molecular weight is 195 g/mol. The van der Waals surface area contributed by atoms with E-state index in [9.17, 15) is 4.79 Å². The van der Waals surface area contributed by atoms with E-state index < -0.39 is 5.97 Å². The molecular weight excluding hydrogens is 176 g/mol. The number of halogens is 1. The first-order chi connectivity index (χ1) is 5.22. The van der Waals surface area contributed by atoms with Gasteiger partial charge in [0.15, 0.2) is 0 Å². The topological polar surface area (TPSA) is 37.3 Å². The normalized spacial score (nSPS) is 11.8. The monoisotopic (exact) mass is 194 g/mol. The highest BCUT2D eigenvalue weighted by atomic mass is 35.5. The first kappa shape index (κ1) is 14.3. The number of rotatable bonds is 6. The molecular formula is C9H19ClO2. The van der Waals surface area contributed by atoms with Gasteiger partial charge in [0.1, 0.15) is 0 Å². The minimum Gasteiger partial charge on any atom is -0.481 e. The molecule has 0 amide bonds. The number of unbranched alkanes of at least 4 members (excludes halogenated alkanes) is 2. The summed E-state index contributed by atoms with van der Waals surface area (Å²) >= 11 is 0. The molecule has 0 radical (unpaired) electrons. The third-order valence-corrected chi connectivity index (χ3v) is 2.00. The summed E-state index contributed by atoms with van der Waals surface area (Å²) < 4.78 is 0. The van der Waals surface area contributed by atoms with Crippen molar-refractivity contribution < 1.29 is 9.90 Å². The first-order valence-corrected chi connectivity index (χ1v) is 4.45. The van der Waals surface area contributed by atoms with Crippen LogP contribution < -0.4 is 0 Å².